The zero-order chi connectivity index (χ0) is 11.8. The van der Waals surface area contributed by atoms with Crippen LogP contribution < -0.4 is 5.73 Å². The van der Waals surface area contributed by atoms with E-state index in [-0.39, 0.29) is 0 Å². The number of nitrogen functional groups attached to an aromatic ring is 1. The number of unbranched alkanes of at least 4 members (excludes halogenated alkanes) is 2. The zero-order valence-electron chi connectivity index (χ0n) is 9.87. The molecular weight excluding hydrogens is 196 g/mol. The van der Waals surface area contributed by atoms with E-state index in [0.29, 0.717) is 0 Å². The molecule has 0 spiro atoms. The number of aromatic amines is 1. The molecule has 3 N–H and O–H groups in total. The van der Waals surface area contributed by atoms with Crippen LogP contribution in [0.5, 0.6) is 0 Å². The number of rotatable bonds is 3. The van der Waals surface area contributed by atoms with Crippen molar-refractivity contribution in [2.75, 3.05) is 5.73 Å². The molecule has 0 amide bonds. The number of para-hydroxylation sites is 1. The first-order valence-corrected chi connectivity index (χ1v) is 5.72. The molecule has 1 aromatic carbocycles. The van der Waals surface area contributed by atoms with Crippen molar-refractivity contribution in [2.45, 2.75) is 26.2 Å². The van der Waals surface area contributed by atoms with Gasteiger partial charge in [0.05, 0.1) is 0 Å². The van der Waals surface area contributed by atoms with E-state index in [4.69, 9.17) is 5.73 Å². The van der Waals surface area contributed by atoms with Crippen LogP contribution in [-0.4, -0.2) is 4.98 Å². The minimum Gasteiger partial charge on any atom is -0.385 e. The van der Waals surface area contributed by atoms with Crippen molar-refractivity contribution in [3.63, 3.8) is 0 Å². The lowest BCUT2D eigenvalue weighted by Crippen LogP contribution is -1.80. The molecule has 0 aliphatic carbocycles. The number of nitrogens with one attached hydrogen (secondary N) is 1. The van der Waals surface area contributed by atoms with Crippen LogP contribution in [0.4, 0.5) is 5.82 Å². The molecule has 16 heavy (non-hydrogen) atoms. The van der Waals surface area contributed by atoms with Gasteiger partial charge in [-0.15, -0.1) is 6.58 Å². The topological polar surface area (TPSA) is 41.8 Å². The average molecular weight is 216 g/mol. The van der Waals surface area contributed by atoms with Gasteiger partial charge in [-0.3, -0.25) is 0 Å². The van der Waals surface area contributed by atoms with Gasteiger partial charge in [0.2, 0.25) is 0 Å². The summed E-state index contributed by atoms with van der Waals surface area (Å²) in [7, 11) is 0. The van der Waals surface area contributed by atoms with Crippen LogP contribution in [0.15, 0.2) is 43.0 Å². The maximum absolute atomic E-state index is 5.54. The van der Waals surface area contributed by atoms with E-state index in [1.807, 2.05) is 36.4 Å². The van der Waals surface area contributed by atoms with Crippen molar-refractivity contribution in [3.05, 3.63) is 43.0 Å². The minimum atomic E-state index is 0.723. The van der Waals surface area contributed by atoms with E-state index in [0.717, 1.165) is 11.3 Å². The van der Waals surface area contributed by atoms with Gasteiger partial charge in [0.25, 0.3) is 0 Å². The second kappa shape index (κ2) is 6.72. The molecule has 0 aliphatic rings. The van der Waals surface area contributed by atoms with Crippen LogP contribution in [0.2, 0.25) is 0 Å². The van der Waals surface area contributed by atoms with E-state index in [1.165, 1.54) is 24.6 Å². The van der Waals surface area contributed by atoms with E-state index in [1.54, 1.807) is 0 Å². The van der Waals surface area contributed by atoms with Crippen molar-refractivity contribution in [2.24, 2.45) is 0 Å². The molecule has 2 heteroatoms. The van der Waals surface area contributed by atoms with Gasteiger partial charge in [-0.1, -0.05) is 44.0 Å². The quantitative estimate of drug-likeness (QED) is 0.588. The predicted octanol–water partition coefficient (Wildman–Crippen LogP) is 4.11. The molecule has 1 aromatic heterocycles. The Balaban J connectivity index is 0.000000187. The van der Waals surface area contributed by atoms with Gasteiger partial charge in [0.1, 0.15) is 5.82 Å². The standard InChI is InChI=1S/C8H8N2.C6H12/c9-8-5-6-3-1-2-4-7(6)10-8;1-3-5-6-4-2/h1-5,10H,9H2;3H,1,4-6H2,2H3. The molecule has 0 bridgehead atoms. The van der Waals surface area contributed by atoms with Crippen LogP contribution in [0.25, 0.3) is 10.9 Å². The number of anilines is 1. The monoisotopic (exact) mass is 216 g/mol. The summed E-state index contributed by atoms with van der Waals surface area (Å²) in [5, 5.41) is 1.17. The van der Waals surface area contributed by atoms with E-state index in [2.05, 4.69) is 18.5 Å². The molecule has 2 nitrogen and oxygen atoms in total. The van der Waals surface area contributed by atoms with Gasteiger partial charge in [-0.05, 0) is 18.6 Å². The van der Waals surface area contributed by atoms with Crippen LogP contribution in [0, 0.1) is 0 Å². The number of allylic oxidation sites excluding steroid dienone is 1. The fourth-order valence-electron chi connectivity index (χ4n) is 1.44. The third kappa shape index (κ3) is 3.81. The number of benzene rings is 1. The van der Waals surface area contributed by atoms with Crippen LogP contribution in [-0.2, 0) is 0 Å². The molecule has 1 heterocycles. The fourth-order valence-corrected chi connectivity index (χ4v) is 1.44. The lowest BCUT2D eigenvalue weighted by molar-refractivity contribution is 0.816. The van der Waals surface area contributed by atoms with Crippen LogP contribution >= 0.6 is 0 Å². The molecule has 2 rings (SSSR count). The number of nitrogens with two attached hydrogens (primary N) is 1. The molecule has 0 aliphatic heterocycles. The number of hydrogen-bond acceptors (Lipinski definition) is 1. The first-order valence-electron chi connectivity index (χ1n) is 5.72. The summed E-state index contributed by atoms with van der Waals surface area (Å²) in [4.78, 5) is 3.04. The Labute approximate surface area is 97.2 Å². The Bertz CT molecular complexity index is 396. The van der Waals surface area contributed by atoms with Gasteiger partial charge in [0, 0.05) is 10.9 Å². The van der Waals surface area contributed by atoms with Crippen molar-refractivity contribution in [1.29, 1.82) is 0 Å². The van der Waals surface area contributed by atoms with Crippen molar-refractivity contribution < 1.29 is 0 Å². The SMILES string of the molecule is C=CCCCC.Nc1cc2ccccc2[nH]1. The van der Waals surface area contributed by atoms with Gasteiger partial charge < -0.3 is 10.7 Å². The minimum absolute atomic E-state index is 0.723. The maximum Gasteiger partial charge on any atom is 0.101 e. The van der Waals surface area contributed by atoms with E-state index < -0.39 is 0 Å². The van der Waals surface area contributed by atoms with E-state index >= 15 is 0 Å². The summed E-state index contributed by atoms with van der Waals surface area (Å²) in [5.74, 6) is 0.723. The lowest BCUT2D eigenvalue weighted by atomic mass is 10.3. The second-order valence-electron chi connectivity index (χ2n) is 3.74. The first-order chi connectivity index (χ1) is 7.77. The number of fused-ring (bicyclic) bond motifs is 1. The van der Waals surface area contributed by atoms with Gasteiger partial charge in [0.15, 0.2) is 0 Å². The third-order valence-corrected chi connectivity index (χ3v) is 2.31. The molecule has 0 unspecified atom stereocenters. The van der Waals surface area contributed by atoms with Gasteiger partial charge in [-0.25, -0.2) is 0 Å². The molecule has 0 atom stereocenters. The Morgan fingerprint density at radius 1 is 1.38 bits per heavy atom. The highest BCUT2D eigenvalue weighted by Gasteiger charge is 1.92. The first kappa shape index (κ1) is 12.4. The summed E-state index contributed by atoms with van der Waals surface area (Å²) in [6, 6.07) is 9.94. The highest BCUT2D eigenvalue weighted by molar-refractivity contribution is 5.82. The molecule has 0 saturated heterocycles. The van der Waals surface area contributed by atoms with Crippen LogP contribution in [0.3, 0.4) is 0 Å². The molecule has 0 radical (unpaired) electrons. The Kier molecular flexibility index (Phi) is 5.20. The molecule has 2 aromatic rings. The zero-order valence-corrected chi connectivity index (χ0v) is 9.87. The van der Waals surface area contributed by atoms with Crippen molar-refractivity contribution in [3.8, 4) is 0 Å². The largest absolute Gasteiger partial charge is 0.385 e. The smallest absolute Gasteiger partial charge is 0.101 e. The lowest BCUT2D eigenvalue weighted by Gasteiger charge is -1.83. The Hall–Kier alpha value is -1.70. The Morgan fingerprint density at radius 2 is 2.12 bits per heavy atom. The number of H-pyrrole nitrogens is 1. The van der Waals surface area contributed by atoms with Crippen molar-refractivity contribution >= 4 is 16.7 Å². The summed E-state index contributed by atoms with van der Waals surface area (Å²) < 4.78 is 0. The third-order valence-electron chi connectivity index (χ3n) is 2.31. The molecule has 0 saturated carbocycles. The highest BCUT2D eigenvalue weighted by Crippen LogP contribution is 2.14. The predicted molar refractivity (Wildman–Crippen MR) is 72.4 cm³/mol. The Morgan fingerprint density at radius 3 is 2.69 bits per heavy atom. The maximum atomic E-state index is 5.54. The second-order valence-corrected chi connectivity index (χ2v) is 3.74. The van der Waals surface area contributed by atoms with E-state index in [9.17, 15) is 0 Å². The molecule has 0 fully saturated rings. The number of aromatic nitrogens is 1. The highest BCUT2D eigenvalue weighted by atomic mass is 14.8. The number of hydrogen-bond donors (Lipinski definition) is 2. The van der Waals surface area contributed by atoms with Crippen LogP contribution in [0.1, 0.15) is 26.2 Å². The average Bonchev–Trinajstić information content (AvgIpc) is 2.67. The van der Waals surface area contributed by atoms with Crippen molar-refractivity contribution in [1.82, 2.24) is 4.98 Å². The normalized spacial score (nSPS) is 9.56. The summed E-state index contributed by atoms with van der Waals surface area (Å²) in [5.41, 5.74) is 6.63. The fraction of sp³-hybridized carbons (Fsp3) is 0.286. The molecule has 86 valence electrons. The molecular formula is C14H20N2. The summed E-state index contributed by atoms with van der Waals surface area (Å²) >= 11 is 0. The summed E-state index contributed by atoms with van der Waals surface area (Å²) in [6.45, 7) is 5.78. The summed E-state index contributed by atoms with van der Waals surface area (Å²) in [6.07, 6.45) is 5.72. The van der Waals surface area contributed by atoms with Gasteiger partial charge in [-0.2, -0.15) is 0 Å². The van der Waals surface area contributed by atoms with Gasteiger partial charge >= 0.3 is 0 Å².